The number of rotatable bonds is 4. The van der Waals surface area contributed by atoms with Crippen LogP contribution in [0, 0.1) is 13.8 Å². The van der Waals surface area contributed by atoms with Crippen molar-refractivity contribution in [3.63, 3.8) is 0 Å². The molecule has 0 aliphatic carbocycles. The highest BCUT2D eigenvalue weighted by Gasteiger charge is 2.08. The molecule has 2 nitrogen and oxygen atoms in total. The van der Waals surface area contributed by atoms with Crippen molar-refractivity contribution in [2.45, 2.75) is 32.8 Å². The molecule has 0 fully saturated rings. The molecule has 2 rings (SSSR count). The van der Waals surface area contributed by atoms with Gasteiger partial charge in [0.15, 0.2) is 0 Å². The predicted octanol–water partition coefficient (Wildman–Crippen LogP) is 3.04. The van der Waals surface area contributed by atoms with Gasteiger partial charge in [0.1, 0.15) is 0 Å². The van der Waals surface area contributed by atoms with Crippen molar-refractivity contribution in [2.24, 2.45) is 0 Å². The topological polar surface area (TPSA) is 33.4 Å². The third kappa shape index (κ3) is 3.21. The normalized spacial score (nSPS) is 12.6. The quantitative estimate of drug-likeness (QED) is 0.875. The molecule has 1 aromatic carbocycles. The molecule has 0 radical (unpaired) electrons. The van der Waals surface area contributed by atoms with Crippen molar-refractivity contribution in [2.75, 3.05) is 0 Å². The summed E-state index contributed by atoms with van der Waals surface area (Å²) in [6, 6.07) is 8.23. The average Bonchev–Trinajstić information content (AvgIpc) is 2.76. The van der Waals surface area contributed by atoms with E-state index >= 15 is 0 Å². The van der Waals surface area contributed by atoms with Crippen molar-refractivity contribution in [3.05, 3.63) is 59.0 Å². The van der Waals surface area contributed by atoms with Crippen LogP contribution in [0.25, 0.3) is 0 Å². The minimum Gasteiger partial charge on any atom is -0.472 e. The zero-order valence-electron chi connectivity index (χ0n) is 10.3. The lowest BCUT2D eigenvalue weighted by Gasteiger charge is -2.10. The number of furan rings is 1. The Morgan fingerprint density at radius 1 is 1.06 bits per heavy atom. The molecule has 2 aromatic rings. The van der Waals surface area contributed by atoms with Gasteiger partial charge in [-0.15, -0.1) is 0 Å². The van der Waals surface area contributed by atoms with E-state index in [1.807, 2.05) is 6.07 Å². The summed E-state index contributed by atoms with van der Waals surface area (Å²) in [5, 5.41) is 9.99. The van der Waals surface area contributed by atoms with Crippen molar-refractivity contribution < 1.29 is 9.52 Å². The fourth-order valence-corrected chi connectivity index (χ4v) is 1.96. The van der Waals surface area contributed by atoms with Crippen molar-refractivity contribution >= 4 is 0 Å². The minimum absolute atomic E-state index is 0.352. The van der Waals surface area contributed by atoms with E-state index in [0.717, 1.165) is 5.56 Å². The summed E-state index contributed by atoms with van der Waals surface area (Å²) in [5.74, 6) is 0. The standard InChI is InChI=1S/C15H18O2/c1-11-3-4-13(7-12(11)2)8-15(16)9-14-5-6-17-10-14/h3-7,10,15-16H,8-9H2,1-2H3. The molecule has 0 aliphatic heterocycles. The van der Waals surface area contributed by atoms with Gasteiger partial charge in [0.05, 0.1) is 18.6 Å². The maximum atomic E-state index is 9.99. The second kappa shape index (κ2) is 5.19. The van der Waals surface area contributed by atoms with Crippen molar-refractivity contribution in [1.82, 2.24) is 0 Å². The van der Waals surface area contributed by atoms with Crippen LogP contribution >= 0.6 is 0 Å². The summed E-state index contributed by atoms with van der Waals surface area (Å²) in [6.45, 7) is 4.20. The summed E-state index contributed by atoms with van der Waals surface area (Å²) in [4.78, 5) is 0. The number of aryl methyl sites for hydroxylation is 2. The van der Waals surface area contributed by atoms with Crippen molar-refractivity contribution in [1.29, 1.82) is 0 Å². The molecule has 1 N–H and O–H groups in total. The molecule has 1 heterocycles. The zero-order valence-corrected chi connectivity index (χ0v) is 10.3. The predicted molar refractivity (Wildman–Crippen MR) is 68.0 cm³/mol. The van der Waals surface area contributed by atoms with E-state index in [0.29, 0.717) is 12.8 Å². The van der Waals surface area contributed by atoms with Crippen LogP contribution in [-0.4, -0.2) is 11.2 Å². The van der Waals surface area contributed by atoms with Gasteiger partial charge in [-0.1, -0.05) is 18.2 Å². The van der Waals surface area contributed by atoms with E-state index < -0.39 is 0 Å². The Morgan fingerprint density at radius 2 is 1.82 bits per heavy atom. The Morgan fingerprint density at radius 3 is 2.47 bits per heavy atom. The van der Waals surface area contributed by atoms with Gasteiger partial charge in [0.2, 0.25) is 0 Å². The van der Waals surface area contributed by atoms with E-state index in [1.54, 1.807) is 12.5 Å². The van der Waals surface area contributed by atoms with Crippen LogP contribution in [0.3, 0.4) is 0 Å². The summed E-state index contributed by atoms with van der Waals surface area (Å²) in [5.41, 5.74) is 4.79. The van der Waals surface area contributed by atoms with Gasteiger partial charge in [0, 0.05) is 6.42 Å². The fraction of sp³-hybridized carbons (Fsp3) is 0.333. The number of benzene rings is 1. The van der Waals surface area contributed by atoms with Crippen LogP contribution in [0.4, 0.5) is 0 Å². The Hall–Kier alpha value is -1.54. The Labute approximate surface area is 102 Å². The van der Waals surface area contributed by atoms with Gasteiger partial charge in [-0.25, -0.2) is 0 Å². The van der Waals surface area contributed by atoms with E-state index in [2.05, 4.69) is 32.0 Å². The first-order chi connectivity index (χ1) is 8.15. The number of aliphatic hydroxyl groups excluding tert-OH is 1. The van der Waals surface area contributed by atoms with Gasteiger partial charge in [-0.05, 0) is 48.6 Å². The molecule has 90 valence electrons. The zero-order chi connectivity index (χ0) is 12.3. The molecular weight excluding hydrogens is 212 g/mol. The van der Waals surface area contributed by atoms with Gasteiger partial charge >= 0.3 is 0 Å². The monoisotopic (exact) mass is 230 g/mol. The smallest absolute Gasteiger partial charge is 0.0935 e. The lowest BCUT2D eigenvalue weighted by molar-refractivity contribution is 0.175. The first kappa shape index (κ1) is 11.9. The molecule has 0 saturated heterocycles. The largest absolute Gasteiger partial charge is 0.472 e. The number of hydrogen-bond donors (Lipinski definition) is 1. The lowest BCUT2D eigenvalue weighted by Crippen LogP contribution is -2.13. The van der Waals surface area contributed by atoms with Crippen LogP contribution in [0.15, 0.2) is 41.2 Å². The summed E-state index contributed by atoms with van der Waals surface area (Å²) in [6.07, 6.45) is 4.30. The molecule has 0 aliphatic rings. The third-order valence-corrected chi connectivity index (χ3v) is 3.09. The third-order valence-electron chi connectivity index (χ3n) is 3.09. The van der Waals surface area contributed by atoms with Gasteiger partial charge < -0.3 is 9.52 Å². The first-order valence-electron chi connectivity index (χ1n) is 5.90. The number of aliphatic hydroxyl groups is 1. The molecule has 1 atom stereocenters. The first-order valence-corrected chi connectivity index (χ1v) is 5.90. The Balaban J connectivity index is 1.98. The maximum absolute atomic E-state index is 9.99. The van der Waals surface area contributed by atoms with Gasteiger partial charge in [-0.3, -0.25) is 0 Å². The van der Waals surface area contributed by atoms with Crippen LogP contribution in [0.2, 0.25) is 0 Å². The summed E-state index contributed by atoms with van der Waals surface area (Å²) >= 11 is 0. The van der Waals surface area contributed by atoms with Crippen LogP contribution in [-0.2, 0) is 12.8 Å². The molecular formula is C15H18O2. The Kier molecular flexibility index (Phi) is 3.64. The highest BCUT2D eigenvalue weighted by molar-refractivity contribution is 5.30. The second-order valence-electron chi connectivity index (χ2n) is 4.61. The summed E-state index contributed by atoms with van der Waals surface area (Å²) < 4.78 is 4.99. The average molecular weight is 230 g/mol. The van der Waals surface area contributed by atoms with E-state index in [-0.39, 0.29) is 6.10 Å². The molecule has 1 aromatic heterocycles. The maximum Gasteiger partial charge on any atom is 0.0935 e. The molecule has 0 bridgehead atoms. The van der Waals surface area contributed by atoms with Gasteiger partial charge in [-0.2, -0.15) is 0 Å². The molecule has 17 heavy (non-hydrogen) atoms. The molecule has 0 spiro atoms. The highest BCUT2D eigenvalue weighted by atomic mass is 16.3. The van der Waals surface area contributed by atoms with E-state index in [9.17, 15) is 5.11 Å². The van der Waals surface area contributed by atoms with E-state index in [1.165, 1.54) is 16.7 Å². The van der Waals surface area contributed by atoms with E-state index in [4.69, 9.17) is 4.42 Å². The SMILES string of the molecule is Cc1ccc(CC(O)Cc2ccoc2)cc1C. The lowest BCUT2D eigenvalue weighted by atomic mass is 9.99. The van der Waals surface area contributed by atoms with Crippen LogP contribution in [0.1, 0.15) is 22.3 Å². The highest BCUT2D eigenvalue weighted by Crippen LogP contribution is 2.13. The molecule has 1 unspecified atom stereocenters. The molecule has 0 amide bonds. The Bertz CT molecular complexity index is 472. The number of hydrogen-bond acceptors (Lipinski definition) is 2. The molecule has 2 heteroatoms. The van der Waals surface area contributed by atoms with Gasteiger partial charge in [0.25, 0.3) is 0 Å². The van der Waals surface area contributed by atoms with Crippen molar-refractivity contribution in [3.8, 4) is 0 Å². The fourth-order valence-electron chi connectivity index (χ4n) is 1.96. The van der Waals surface area contributed by atoms with Crippen LogP contribution in [0.5, 0.6) is 0 Å². The minimum atomic E-state index is -0.352. The second-order valence-corrected chi connectivity index (χ2v) is 4.61. The van der Waals surface area contributed by atoms with Crippen LogP contribution < -0.4 is 0 Å². The summed E-state index contributed by atoms with van der Waals surface area (Å²) in [7, 11) is 0. The molecule has 0 saturated carbocycles.